The lowest BCUT2D eigenvalue weighted by molar-refractivity contribution is 0.0777. The third-order valence-corrected chi connectivity index (χ3v) is 3.84. The molecule has 0 atom stereocenters. The summed E-state index contributed by atoms with van der Waals surface area (Å²) in [5.74, 6) is -0.322. The van der Waals surface area contributed by atoms with E-state index in [1.54, 1.807) is 12.1 Å². The van der Waals surface area contributed by atoms with Gasteiger partial charge in [0, 0.05) is 25.6 Å². The lowest BCUT2D eigenvalue weighted by Crippen LogP contribution is -2.25. The fraction of sp³-hybridized carbons (Fsp3) is 0.222. The molecule has 2 aromatic rings. The highest BCUT2D eigenvalue weighted by Gasteiger charge is 2.24. The minimum Gasteiger partial charge on any atom is -0.357 e. The van der Waals surface area contributed by atoms with Crippen LogP contribution in [0.3, 0.4) is 0 Å². The van der Waals surface area contributed by atoms with Gasteiger partial charge < -0.3 is 4.90 Å². The molecule has 24 heavy (non-hydrogen) atoms. The monoisotopic (exact) mass is 329 g/mol. The molecular formula is C18H17F2N3O. The average Bonchev–Trinajstić information content (AvgIpc) is 3.04. The molecule has 0 unspecified atom stereocenters. The number of carbonyl (C=O) groups is 1. The van der Waals surface area contributed by atoms with Crippen molar-refractivity contribution in [2.24, 2.45) is 5.10 Å². The molecule has 0 aliphatic carbocycles. The van der Waals surface area contributed by atoms with Crippen molar-refractivity contribution < 1.29 is 13.6 Å². The zero-order chi connectivity index (χ0) is 17.1. The van der Waals surface area contributed by atoms with E-state index in [-0.39, 0.29) is 17.3 Å². The van der Waals surface area contributed by atoms with Gasteiger partial charge in [-0.05, 0) is 35.9 Å². The molecule has 2 aromatic carbocycles. The molecule has 0 fully saturated rings. The summed E-state index contributed by atoms with van der Waals surface area (Å²) >= 11 is 0. The quantitative estimate of drug-likeness (QED) is 0.866. The van der Waals surface area contributed by atoms with Crippen molar-refractivity contribution in [1.29, 1.82) is 0 Å². The minimum absolute atomic E-state index is 0.271. The van der Waals surface area contributed by atoms with E-state index in [4.69, 9.17) is 0 Å². The third-order valence-electron chi connectivity index (χ3n) is 3.84. The van der Waals surface area contributed by atoms with Gasteiger partial charge in [0.15, 0.2) is 0 Å². The molecular weight excluding hydrogens is 312 g/mol. The Morgan fingerprint density at radius 1 is 1.17 bits per heavy atom. The molecule has 1 amide bonds. The molecule has 0 bridgehead atoms. The van der Waals surface area contributed by atoms with E-state index in [0.29, 0.717) is 19.5 Å². The molecule has 1 aliphatic rings. The SMILES string of the molecule is CN(Cc1cccc(F)c1)C1=NN(C(=O)c2cccc(F)c2)CC1. The summed E-state index contributed by atoms with van der Waals surface area (Å²) in [5.41, 5.74) is 1.10. The molecule has 0 saturated heterocycles. The van der Waals surface area contributed by atoms with Crippen molar-refractivity contribution in [2.75, 3.05) is 13.6 Å². The van der Waals surface area contributed by atoms with Crippen LogP contribution in [0.2, 0.25) is 0 Å². The van der Waals surface area contributed by atoms with Gasteiger partial charge in [0.05, 0.1) is 6.54 Å². The van der Waals surface area contributed by atoms with Crippen LogP contribution in [0.1, 0.15) is 22.3 Å². The van der Waals surface area contributed by atoms with E-state index < -0.39 is 5.82 Å². The van der Waals surface area contributed by atoms with Crippen molar-refractivity contribution >= 4 is 11.7 Å². The van der Waals surface area contributed by atoms with E-state index in [2.05, 4.69) is 5.10 Å². The molecule has 124 valence electrons. The number of benzene rings is 2. The number of halogens is 2. The maximum Gasteiger partial charge on any atom is 0.274 e. The first-order chi connectivity index (χ1) is 11.5. The Bertz CT molecular complexity index is 791. The second kappa shape index (κ2) is 6.78. The van der Waals surface area contributed by atoms with E-state index in [1.165, 1.54) is 35.3 Å². The number of rotatable bonds is 3. The van der Waals surface area contributed by atoms with Crippen LogP contribution in [-0.4, -0.2) is 35.2 Å². The summed E-state index contributed by atoms with van der Waals surface area (Å²) in [4.78, 5) is 14.2. The molecule has 3 rings (SSSR count). The molecule has 1 heterocycles. The first-order valence-electron chi connectivity index (χ1n) is 7.63. The normalized spacial score (nSPS) is 13.8. The van der Waals surface area contributed by atoms with Crippen molar-refractivity contribution in [3.8, 4) is 0 Å². The average molecular weight is 329 g/mol. The van der Waals surface area contributed by atoms with E-state index in [1.807, 2.05) is 18.0 Å². The van der Waals surface area contributed by atoms with E-state index in [9.17, 15) is 13.6 Å². The number of amidine groups is 1. The lowest BCUT2D eigenvalue weighted by Gasteiger charge is -2.18. The summed E-state index contributed by atoms with van der Waals surface area (Å²) in [6.07, 6.45) is 0.604. The Morgan fingerprint density at radius 2 is 1.88 bits per heavy atom. The Morgan fingerprint density at radius 3 is 2.58 bits per heavy atom. The maximum atomic E-state index is 13.3. The molecule has 0 saturated carbocycles. The Balaban J connectivity index is 1.69. The third kappa shape index (κ3) is 3.59. The zero-order valence-electron chi connectivity index (χ0n) is 13.2. The van der Waals surface area contributed by atoms with E-state index in [0.717, 1.165) is 11.4 Å². The van der Waals surface area contributed by atoms with E-state index >= 15 is 0 Å². The summed E-state index contributed by atoms with van der Waals surface area (Å²) in [5, 5.41) is 5.66. The Labute approximate surface area is 139 Å². The van der Waals surface area contributed by atoms with Crippen LogP contribution in [0.5, 0.6) is 0 Å². The second-order valence-corrected chi connectivity index (χ2v) is 5.69. The van der Waals surface area contributed by atoms with Crippen LogP contribution in [0.25, 0.3) is 0 Å². The fourth-order valence-corrected chi connectivity index (χ4v) is 2.63. The first kappa shape index (κ1) is 16.1. The predicted octanol–water partition coefficient (Wildman–Crippen LogP) is 3.26. The number of hydrogen-bond acceptors (Lipinski definition) is 3. The van der Waals surface area contributed by atoms with Gasteiger partial charge in [0.2, 0.25) is 0 Å². The van der Waals surface area contributed by atoms with Gasteiger partial charge in [-0.3, -0.25) is 4.79 Å². The predicted molar refractivity (Wildman–Crippen MR) is 87.4 cm³/mol. The number of carbonyl (C=O) groups excluding carboxylic acids is 1. The topological polar surface area (TPSA) is 35.9 Å². The highest BCUT2D eigenvalue weighted by atomic mass is 19.1. The highest BCUT2D eigenvalue weighted by molar-refractivity contribution is 5.96. The molecule has 0 N–H and O–H groups in total. The van der Waals surface area contributed by atoms with Gasteiger partial charge in [0.25, 0.3) is 5.91 Å². The van der Waals surface area contributed by atoms with Gasteiger partial charge in [-0.1, -0.05) is 18.2 Å². The van der Waals surface area contributed by atoms with Crippen molar-refractivity contribution in [3.63, 3.8) is 0 Å². The number of nitrogens with zero attached hydrogens (tertiary/aromatic N) is 3. The summed E-state index contributed by atoms with van der Waals surface area (Å²) in [7, 11) is 1.85. The van der Waals surface area contributed by atoms with Gasteiger partial charge in [-0.2, -0.15) is 5.10 Å². The van der Waals surface area contributed by atoms with Crippen LogP contribution in [0.4, 0.5) is 8.78 Å². The molecule has 0 aromatic heterocycles. The molecule has 0 radical (unpaired) electrons. The molecule has 1 aliphatic heterocycles. The fourth-order valence-electron chi connectivity index (χ4n) is 2.63. The van der Waals surface area contributed by atoms with Crippen LogP contribution in [0.15, 0.2) is 53.6 Å². The van der Waals surface area contributed by atoms with Crippen molar-refractivity contribution in [2.45, 2.75) is 13.0 Å². The highest BCUT2D eigenvalue weighted by Crippen LogP contribution is 2.16. The Kier molecular flexibility index (Phi) is 4.55. The number of amides is 1. The standard InChI is InChI=1S/C18H17F2N3O/c1-22(12-13-4-2-6-15(19)10-13)17-8-9-23(21-17)18(24)14-5-3-7-16(20)11-14/h2-7,10-11H,8-9,12H2,1H3. The smallest absolute Gasteiger partial charge is 0.274 e. The first-order valence-corrected chi connectivity index (χ1v) is 7.63. The van der Waals surface area contributed by atoms with Crippen LogP contribution >= 0.6 is 0 Å². The summed E-state index contributed by atoms with van der Waals surface area (Å²) in [6, 6.07) is 11.9. The molecule has 6 heteroatoms. The van der Waals surface area contributed by atoms with Gasteiger partial charge in [-0.25, -0.2) is 13.8 Å². The number of hydrogen-bond donors (Lipinski definition) is 0. The van der Waals surface area contributed by atoms with Crippen LogP contribution in [0, 0.1) is 11.6 Å². The zero-order valence-corrected chi connectivity index (χ0v) is 13.2. The second-order valence-electron chi connectivity index (χ2n) is 5.69. The maximum absolute atomic E-state index is 13.3. The minimum atomic E-state index is -0.451. The Hall–Kier alpha value is -2.76. The largest absolute Gasteiger partial charge is 0.357 e. The number of hydrazone groups is 1. The molecule has 0 spiro atoms. The van der Waals surface area contributed by atoms with Gasteiger partial charge in [-0.15, -0.1) is 0 Å². The van der Waals surface area contributed by atoms with Crippen molar-refractivity contribution in [1.82, 2.24) is 9.91 Å². The van der Waals surface area contributed by atoms with Crippen LogP contribution in [-0.2, 0) is 6.54 Å². The molecule has 4 nitrogen and oxygen atoms in total. The van der Waals surface area contributed by atoms with Crippen molar-refractivity contribution in [3.05, 3.63) is 71.3 Å². The van der Waals surface area contributed by atoms with Crippen LogP contribution < -0.4 is 0 Å². The lowest BCUT2D eigenvalue weighted by atomic mass is 10.2. The summed E-state index contributed by atoms with van der Waals surface area (Å²) < 4.78 is 26.5. The van der Waals surface area contributed by atoms with Gasteiger partial charge >= 0.3 is 0 Å². The van der Waals surface area contributed by atoms with Gasteiger partial charge in [0.1, 0.15) is 17.5 Å². The summed E-state index contributed by atoms with van der Waals surface area (Å²) in [6.45, 7) is 0.941.